The molecule has 29 heavy (non-hydrogen) atoms. The number of benzene rings is 1. The number of guanidine groups is 1. The first-order chi connectivity index (χ1) is 13.8. The molecule has 0 aliphatic rings. The van der Waals surface area contributed by atoms with Gasteiger partial charge in [0.1, 0.15) is 0 Å². The van der Waals surface area contributed by atoms with Gasteiger partial charge < -0.3 is 15.2 Å². The van der Waals surface area contributed by atoms with Crippen LogP contribution in [0.5, 0.6) is 0 Å². The van der Waals surface area contributed by atoms with Gasteiger partial charge in [0.15, 0.2) is 5.96 Å². The van der Waals surface area contributed by atoms with Crippen molar-refractivity contribution in [3.63, 3.8) is 0 Å². The van der Waals surface area contributed by atoms with Gasteiger partial charge in [-0.1, -0.05) is 18.2 Å². The number of aromatic nitrogens is 1. The molecule has 0 unspecified atom stereocenters. The molecule has 0 spiro atoms. The van der Waals surface area contributed by atoms with Gasteiger partial charge in [-0.15, -0.1) is 0 Å². The topological polar surface area (TPSA) is 58.4 Å². The van der Waals surface area contributed by atoms with E-state index < -0.39 is 11.7 Å². The normalized spacial score (nSPS) is 12.1. The number of hydrogen-bond donors (Lipinski definition) is 2. The van der Waals surface area contributed by atoms with Crippen LogP contribution in [-0.2, 0) is 19.1 Å². The van der Waals surface area contributed by atoms with Crippen molar-refractivity contribution in [2.75, 3.05) is 20.1 Å². The second kappa shape index (κ2) is 10.7. The largest absolute Gasteiger partial charge is 0.416 e. The molecule has 5 nitrogen and oxygen atoms in total. The van der Waals surface area contributed by atoms with Crippen LogP contribution in [-0.4, -0.2) is 30.7 Å². The van der Waals surface area contributed by atoms with Gasteiger partial charge in [-0.2, -0.15) is 13.2 Å². The van der Waals surface area contributed by atoms with E-state index in [1.54, 1.807) is 23.7 Å². The minimum Gasteiger partial charge on any atom is -0.356 e. The van der Waals surface area contributed by atoms with Crippen molar-refractivity contribution in [3.8, 4) is 0 Å². The highest BCUT2D eigenvalue weighted by Crippen LogP contribution is 2.29. The maximum absolute atomic E-state index is 12.6. The lowest BCUT2D eigenvalue weighted by Crippen LogP contribution is -2.38. The molecular weight excluding hydrogens is 381 g/mol. The van der Waals surface area contributed by atoms with Crippen molar-refractivity contribution in [2.45, 2.75) is 38.9 Å². The Labute approximate surface area is 168 Å². The zero-order valence-electron chi connectivity index (χ0n) is 16.7. The van der Waals surface area contributed by atoms with Crippen LogP contribution in [0.3, 0.4) is 0 Å². The summed E-state index contributed by atoms with van der Waals surface area (Å²) in [5, 5.41) is 6.35. The van der Waals surface area contributed by atoms with Crippen molar-refractivity contribution in [2.24, 2.45) is 4.99 Å². The highest BCUT2D eigenvalue weighted by Gasteiger charge is 2.29. The summed E-state index contributed by atoms with van der Waals surface area (Å²) in [5.74, 6) is 0.643. The van der Waals surface area contributed by atoms with Crippen molar-refractivity contribution in [1.29, 1.82) is 0 Å². The van der Waals surface area contributed by atoms with Gasteiger partial charge in [0.2, 0.25) is 0 Å². The third kappa shape index (κ3) is 7.29. The van der Waals surface area contributed by atoms with Gasteiger partial charge in [-0.3, -0.25) is 9.79 Å². The number of unbranched alkanes of at least 4 members (excludes halogenated alkanes) is 1. The van der Waals surface area contributed by atoms with E-state index >= 15 is 0 Å². The van der Waals surface area contributed by atoms with E-state index in [1.807, 2.05) is 13.0 Å². The number of aryl methyl sites for hydroxylation is 1. The summed E-state index contributed by atoms with van der Waals surface area (Å²) in [4.78, 5) is 16.0. The molecule has 2 rings (SSSR count). The first-order valence-electron chi connectivity index (χ1n) is 9.58. The Morgan fingerprint density at radius 1 is 1.03 bits per heavy atom. The van der Waals surface area contributed by atoms with E-state index in [1.165, 1.54) is 12.1 Å². The smallest absolute Gasteiger partial charge is 0.356 e. The van der Waals surface area contributed by atoms with E-state index in [4.69, 9.17) is 0 Å². The summed E-state index contributed by atoms with van der Waals surface area (Å²) in [6.45, 7) is 3.86. The summed E-state index contributed by atoms with van der Waals surface area (Å²) in [6, 6.07) is 10.4. The van der Waals surface area contributed by atoms with Crippen molar-refractivity contribution in [1.82, 2.24) is 15.2 Å². The number of aliphatic imine (C=N–C) groups is 1. The van der Waals surface area contributed by atoms with E-state index in [0.29, 0.717) is 32.0 Å². The van der Waals surface area contributed by atoms with Gasteiger partial charge >= 0.3 is 6.18 Å². The summed E-state index contributed by atoms with van der Waals surface area (Å²) < 4.78 is 39.5. The number of hydrogen-bond acceptors (Lipinski definition) is 2. The second-order valence-electron chi connectivity index (χ2n) is 6.73. The first kappa shape index (κ1) is 22.5. The van der Waals surface area contributed by atoms with Gasteiger partial charge in [0, 0.05) is 38.4 Å². The SMILES string of the molecule is CN=C(NCCCCn1c(C)cccc1=O)NCCc1ccc(C(F)(F)F)cc1. The predicted molar refractivity (Wildman–Crippen MR) is 109 cm³/mol. The summed E-state index contributed by atoms with van der Waals surface area (Å²) >= 11 is 0. The molecule has 0 saturated heterocycles. The van der Waals surface area contributed by atoms with Crippen LogP contribution in [0.25, 0.3) is 0 Å². The minimum absolute atomic E-state index is 0.0127. The highest BCUT2D eigenvalue weighted by molar-refractivity contribution is 5.79. The fourth-order valence-electron chi connectivity index (χ4n) is 2.92. The molecule has 1 heterocycles. The maximum Gasteiger partial charge on any atom is 0.416 e. The van der Waals surface area contributed by atoms with Gasteiger partial charge in [0.25, 0.3) is 5.56 Å². The monoisotopic (exact) mass is 408 g/mol. The first-order valence-corrected chi connectivity index (χ1v) is 9.58. The quantitative estimate of drug-likeness (QED) is 0.400. The fourth-order valence-corrected chi connectivity index (χ4v) is 2.92. The van der Waals surface area contributed by atoms with Gasteiger partial charge in [-0.25, -0.2) is 0 Å². The number of nitrogens with zero attached hydrogens (tertiary/aromatic N) is 2. The molecule has 0 fully saturated rings. The molecule has 8 heteroatoms. The number of alkyl halides is 3. The molecule has 158 valence electrons. The molecular formula is C21H27F3N4O. The molecule has 0 saturated carbocycles. The van der Waals surface area contributed by atoms with Crippen molar-refractivity contribution >= 4 is 5.96 Å². The molecule has 2 aromatic rings. The molecule has 1 aromatic carbocycles. The van der Waals surface area contributed by atoms with E-state index in [0.717, 1.165) is 36.2 Å². The van der Waals surface area contributed by atoms with Crippen LogP contribution in [0, 0.1) is 6.92 Å². The molecule has 0 amide bonds. The molecule has 0 aliphatic heterocycles. The Kier molecular flexibility index (Phi) is 8.30. The number of halogens is 3. The lowest BCUT2D eigenvalue weighted by atomic mass is 10.1. The fraction of sp³-hybridized carbons (Fsp3) is 0.429. The molecule has 0 aliphatic carbocycles. The Hall–Kier alpha value is -2.77. The van der Waals surface area contributed by atoms with E-state index in [9.17, 15) is 18.0 Å². The number of nitrogens with one attached hydrogen (secondary N) is 2. The third-order valence-corrected chi connectivity index (χ3v) is 4.58. The zero-order valence-corrected chi connectivity index (χ0v) is 16.7. The van der Waals surface area contributed by atoms with Crippen LogP contribution in [0.2, 0.25) is 0 Å². The second-order valence-corrected chi connectivity index (χ2v) is 6.73. The Morgan fingerprint density at radius 3 is 2.34 bits per heavy atom. The van der Waals surface area contributed by atoms with Crippen LogP contribution in [0.1, 0.15) is 29.7 Å². The van der Waals surface area contributed by atoms with Crippen LogP contribution >= 0.6 is 0 Å². The summed E-state index contributed by atoms with van der Waals surface area (Å²) in [5.41, 5.74) is 1.15. The number of rotatable bonds is 8. The summed E-state index contributed by atoms with van der Waals surface area (Å²) in [6.07, 6.45) is -1.98. The minimum atomic E-state index is -4.31. The maximum atomic E-state index is 12.6. The van der Waals surface area contributed by atoms with E-state index in [-0.39, 0.29) is 5.56 Å². The molecule has 2 N–H and O–H groups in total. The average molecular weight is 408 g/mol. The van der Waals surface area contributed by atoms with Crippen LogP contribution < -0.4 is 16.2 Å². The zero-order chi connectivity index (χ0) is 21.3. The Morgan fingerprint density at radius 2 is 1.72 bits per heavy atom. The van der Waals surface area contributed by atoms with Gasteiger partial charge in [-0.05, 0) is 49.9 Å². The summed E-state index contributed by atoms with van der Waals surface area (Å²) in [7, 11) is 1.67. The Balaban J connectivity index is 1.67. The van der Waals surface area contributed by atoms with Crippen LogP contribution in [0.15, 0.2) is 52.3 Å². The van der Waals surface area contributed by atoms with E-state index in [2.05, 4.69) is 15.6 Å². The number of pyridine rings is 1. The van der Waals surface area contributed by atoms with Crippen molar-refractivity contribution in [3.05, 3.63) is 69.6 Å². The predicted octanol–water partition coefficient (Wildman–Crippen LogP) is 3.36. The molecule has 1 aromatic heterocycles. The lowest BCUT2D eigenvalue weighted by molar-refractivity contribution is -0.137. The molecule has 0 bridgehead atoms. The average Bonchev–Trinajstić information content (AvgIpc) is 2.68. The van der Waals surface area contributed by atoms with Gasteiger partial charge in [0.05, 0.1) is 5.56 Å². The third-order valence-electron chi connectivity index (χ3n) is 4.58. The van der Waals surface area contributed by atoms with Crippen LogP contribution in [0.4, 0.5) is 13.2 Å². The highest BCUT2D eigenvalue weighted by atomic mass is 19.4. The standard InChI is InChI=1S/C21H27F3N4O/c1-16-6-5-7-19(29)28(16)15-4-3-13-26-20(25-2)27-14-12-17-8-10-18(11-9-17)21(22,23)24/h5-11H,3-4,12-15H2,1-2H3,(H2,25,26,27). The molecule has 0 radical (unpaired) electrons. The molecule has 0 atom stereocenters. The lowest BCUT2D eigenvalue weighted by Gasteiger charge is -2.13. The van der Waals surface area contributed by atoms with Crippen molar-refractivity contribution < 1.29 is 13.2 Å². The Bertz CT molecular complexity index is 857.